The van der Waals surface area contributed by atoms with Gasteiger partial charge in [-0.25, -0.2) is 0 Å². The zero-order chi connectivity index (χ0) is 17.1. The van der Waals surface area contributed by atoms with Crippen molar-refractivity contribution in [1.82, 2.24) is 19.9 Å². The molecule has 2 aromatic rings. The molecule has 1 aromatic heterocycles. The molecule has 7 nitrogen and oxygen atoms in total. The van der Waals surface area contributed by atoms with Gasteiger partial charge in [-0.3, -0.25) is 9.69 Å². The molecule has 1 amide bonds. The number of hydrogen-bond acceptors (Lipinski definition) is 6. The van der Waals surface area contributed by atoms with Crippen molar-refractivity contribution in [2.45, 2.75) is 18.9 Å². The van der Waals surface area contributed by atoms with E-state index in [4.69, 9.17) is 9.26 Å². The van der Waals surface area contributed by atoms with Crippen molar-refractivity contribution < 1.29 is 14.1 Å². The number of carbonyl (C=O) groups is 1. The summed E-state index contributed by atoms with van der Waals surface area (Å²) in [4.78, 5) is 21.1. The monoisotopic (exact) mass is 342 g/mol. The molecule has 7 heteroatoms. The van der Waals surface area contributed by atoms with Gasteiger partial charge in [0.15, 0.2) is 0 Å². The van der Waals surface area contributed by atoms with E-state index in [0.29, 0.717) is 44.6 Å². The summed E-state index contributed by atoms with van der Waals surface area (Å²) in [5.41, 5.74) is 0.937. The van der Waals surface area contributed by atoms with Gasteiger partial charge in [0.1, 0.15) is 0 Å². The van der Waals surface area contributed by atoms with E-state index in [0.717, 1.165) is 24.9 Å². The van der Waals surface area contributed by atoms with Crippen LogP contribution in [-0.4, -0.2) is 65.2 Å². The van der Waals surface area contributed by atoms with Gasteiger partial charge in [-0.1, -0.05) is 35.5 Å². The molecule has 2 fully saturated rings. The van der Waals surface area contributed by atoms with Crippen molar-refractivity contribution >= 4 is 5.91 Å². The number of benzene rings is 1. The van der Waals surface area contributed by atoms with Crippen LogP contribution in [0.5, 0.6) is 0 Å². The van der Waals surface area contributed by atoms with E-state index in [1.54, 1.807) is 0 Å². The molecule has 25 heavy (non-hydrogen) atoms. The number of likely N-dealkylation sites (tertiary alicyclic amines) is 1. The highest BCUT2D eigenvalue weighted by Crippen LogP contribution is 2.31. The number of aromatic nitrogens is 2. The highest BCUT2D eigenvalue weighted by Gasteiger charge is 2.33. The number of ether oxygens (including phenoxy) is 1. The standard InChI is InChI=1S/C18H22N4O3/c23-16(21-9-11-24-12-10-21)13-22-8-4-7-15(22)18-19-17(20-25-18)14-5-2-1-3-6-14/h1-3,5-6,15H,4,7-13H2/t15-/m1/s1. The zero-order valence-corrected chi connectivity index (χ0v) is 14.1. The van der Waals surface area contributed by atoms with Crippen molar-refractivity contribution in [3.05, 3.63) is 36.2 Å². The van der Waals surface area contributed by atoms with Gasteiger partial charge in [-0.2, -0.15) is 4.98 Å². The van der Waals surface area contributed by atoms with E-state index in [1.165, 1.54) is 0 Å². The maximum Gasteiger partial charge on any atom is 0.244 e. The molecular formula is C18H22N4O3. The molecule has 0 unspecified atom stereocenters. The van der Waals surface area contributed by atoms with Gasteiger partial charge in [0.25, 0.3) is 0 Å². The summed E-state index contributed by atoms with van der Waals surface area (Å²) in [5, 5.41) is 4.11. The molecule has 4 rings (SSSR count). The predicted octanol–water partition coefficient (Wildman–Crippen LogP) is 1.73. The Labute approximate surface area is 146 Å². The van der Waals surface area contributed by atoms with Crippen LogP contribution in [0.2, 0.25) is 0 Å². The second kappa shape index (κ2) is 7.33. The number of carbonyl (C=O) groups excluding carboxylic acids is 1. The van der Waals surface area contributed by atoms with Crippen LogP contribution in [0.25, 0.3) is 11.4 Å². The van der Waals surface area contributed by atoms with Crippen LogP contribution in [0.1, 0.15) is 24.8 Å². The highest BCUT2D eigenvalue weighted by molar-refractivity contribution is 5.78. The molecule has 0 N–H and O–H groups in total. The summed E-state index contributed by atoms with van der Waals surface area (Å²) < 4.78 is 10.8. The number of nitrogens with zero attached hydrogens (tertiary/aromatic N) is 4. The first-order valence-electron chi connectivity index (χ1n) is 8.80. The Balaban J connectivity index is 1.44. The smallest absolute Gasteiger partial charge is 0.244 e. The summed E-state index contributed by atoms with van der Waals surface area (Å²) in [7, 11) is 0. The summed E-state index contributed by atoms with van der Waals surface area (Å²) in [6.45, 7) is 3.88. The van der Waals surface area contributed by atoms with Crippen molar-refractivity contribution in [2.75, 3.05) is 39.4 Å². The van der Waals surface area contributed by atoms with Gasteiger partial charge in [0.05, 0.1) is 25.8 Å². The average molecular weight is 342 g/mol. The van der Waals surface area contributed by atoms with Crippen molar-refractivity contribution in [2.24, 2.45) is 0 Å². The summed E-state index contributed by atoms with van der Waals surface area (Å²) >= 11 is 0. The maximum absolute atomic E-state index is 12.5. The maximum atomic E-state index is 12.5. The summed E-state index contributed by atoms with van der Waals surface area (Å²) in [6.07, 6.45) is 1.97. The van der Waals surface area contributed by atoms with Crippen molar-refractivity contribution in [3.63, 3.8) is 0 Å². The van der Waals surface area contributed by atoms with E-state index in [9.17, 15) is 4.79 Å². The van der Waals surface area contributed by atoms with Gasteiger partial charge in [0, 0.05) is 18.7 Å². The molecule has 2 aliphatic heterocycles. The Hall–Kier alpha value is -2.25. The van der Waals surface area contributed by atoms with Gasteiger partial charge in [0.2, 0.25) is 17.6 Å². The number of hydrogen-bond donors (Lipinski definition) is 0. The topological polar surface area (TPSA) is 71.7 Å². The first-order valence-corrected chi connectivity index (χ1v) is 8.80. The Morgan fingerprint density at radius 1 is 1.16 bits per heavy atom. The van der Waals surface area contributed by atoms with Crippen LogP contribution in [0, 0.1) is 0 Å². The van der Waals surface area contributed by atoms with Crippen molar-refractivity contribution in [1.29, 1.82) is 0 Å². The third-order valence-electron chi connectivity index (χ3n) is 4.82. The summed E-state index contributed by atoms with van der Waals surface area (Å²) in [5.74, 6) is 1.35. The quantitative estimate of drug-likeness (QED) is 0.843. The SMILES string of the molecule is O=C(CN1CCC[C@@H]1c1nc(-c2ccccc2)no1)N1CCOCC1. The first-order chi connectivity index (χ1) is 12.3. The van der Waals surface area contributed by atoms with Crippen LogP contribution in [-0.2, 0) is 9.53 Å². The largest absolute Gasteiger partial charge is 0.378 e. The van der Waals surface area contributed by atoms with E-state index < -0.39 is 0 Å². The normalized spacial score (nSPS) is 21.6. The van der Waals surface area contributed by atoms with Gasteiger partial charge >= 0.3 is 0 Å². The Morgan fingerprint density at radius 2 is 1.96 bits per heavy atom. The Kier molecular flexibility index (Phi) is 4.76. The number of morpholine rings is 1. The molecule has 0 spiro atoms. The fraction of sp³-hybridized carbons (Fsp3) is 0.500. The van der Waals surface area contributed by atoms with Crippen LogP contribution < -0.4 is 0 Å². The minimum Gasteiger partial charge on any atom is -0.378 e. The van der Waals surface area contributed by atoms with E-state index >= 15 is 0 Å². The number of amides is 1. The van der Waals surface area contributed by atoms with Gasteiger partial charge in [-0.05, 0) is 19.4 Å². The fourth-order valence-electron chi connectivity index (χ4n) is 3.46. The average Bonchev–Trinajstić information content (AvgIpc) is 3.32. The second-order valence-corrected chi connectivity index (χ2v) is 6.44. The zero-order valence-electron chi connectivity index (χ0n) is 14.1. The molecule has 0 aliphatic carbocycles. The molecule has 0 bridgehead atoms. The van der Waals surface area contributed by atoms with E-state index in [2.05, 4.69) is 15.0 Å². The van der Waals surface area contributed by atoms with Crippen LogP contribution in [0.4, 0.5) is 0 Å². The predicted molar refractivity (Wildman–Crippen MR) is 90.7 cm³/mol. The fourth-order valence-corrected chi connectivity index (χ4v) is 3.46. The Bertz CT molecular complexity index is 712. The highest BCUT2D eigenvalue weighted by atomic mass is 16.5. The molecule has 2 aliphatic rings. The lowest BCUT2D eigenvalue weighted by atomic mass is 10.2. The minimum absolute atomic E-state index is 0.0231. The van der Waals surface area contributed by atoms with E-state index in [-0.39, 0.29) is 11.9 Å². The third-order valence-corrected chi connectivity index (χ3v) is 4.82. The second-order valence-electron chi connectivity index (χ2n) is 6.44. The molecular weight excluding hydrogens is 320 g/mol. The van der Waals surface area contributed by atoms with Gasteiger partial charge < -0.3 is 14.2 Å². The lowest BCUT2D eigenvalue weighted by Crippen LogP contribution is -2.45. The third kappa shape index (κ3) is 3.57. The lowest BCUT2D eigenvalue weighted by Gasteiger charge is -2.29. The molecule has 1 aromatic carbocycles. The Morgan fingerprint density at radius 3 is 2.76 bits per heavy atom. The minimum atomic E-state index is 0.0231. The molecule has 132 valence electrons. The van der Waals surface area contributed by atoms with Crippen LogP contribution in [0.15, 0.2) is 34.9 Å². The number of rotatable bonds is 4. The molecule has 0 saturated carbocycles. The van der Waals surface area contributed by atoms with Crippen molar-refractivity contribution in [3.8, 4) is 11.4 Å². The molecule has 2 saturated heterocycles. The molecule has 1 atom stereocenters. The van der Waals surface area contributed by atoms with E-state index in [1.807, 2.05) is 35.2 Å². The first kappa shape index (κ1) is 16.2. The lowest BCUT2D eigenvalue weighted by molar-refractivity contribution is -0.136. The molecule has 0 radical (unpaired) electrons. The van der Waals surface area contributed by atoms with Crippen LogP contribution >= 0.6 is 0 Å². The molecule has 3 heterocycles. The summed E-state index contributed by atoms with van der Waals surface area (Å²) in [6, 6.07) is 9.81. The van der Waals surface area contributed by atoms with Gasteiger partial charge in [-0.15, -0.1) is 0 Å². The van der Waals surface area contributed by atoms with Crippen LogP contribution in [0.3, 0.4) is 0 Å².